The summed E-state index contributed by atoms with van der Waals surface area (Å²) in [5.41, 5.74) is 8.07. The molecule has 0 unspecified atom stereocenters. The Morgan fingerprint density at radius 1 is 1.33 bits per heavy atom. The van der Waals surface area contributed by atoms with Crippen LogP contribution in [0.2, 0.25) is 0 Å². The minimum absolute atomic E-state index is 0.913. The van der Waals surface area contributed by atoms with Gasteiger partial charge in [-0.3, -0.25) is 0 Å². The van der Waals surface area contributed by atoms with Crippen molar-refractivity contribution in [1.82, 2.24) is 4.90 Å². The molecule has 2 heteroatoms. The Morgan fingerprint density at radius 2 is 2.07 bits per heavy atom. The van der Waals surface area contributed by atoms with E-state index < -0.39 is 0 Å². The number of para-hydroxylation sites is 1. The van der Waals surface area contributed by atoms with Gasteiger partial charge in [-0.15, -0.1) is 0 Å². The first-order valence-electron chi connectivity index (χ1n) is 5.77. The van der Waals surface area contributed by atoms with Crippen molar-refractivity contribution in [3.05, 3.63) is 29.8 Å². The van der Waals surface area contributed by atoms with Crippen molar-refractivity contribution in [2.24, 2.45) is 5.92 Å². The molecular weight excluding hydrogens is 184 g/mol. The van der Waals surface area contributed by atoms with Crippen molar-refractivity contribution in [2.75, 3.05) is 19.3 Å². The van der Waals surface area contributed by atoms with Gasteiger partial charge in [0.2, 0.25) is 0 Å². The van der Waals surface area contributed by atoms with Gasteiger partial charge in [0.1, 0.15) is 0 Å². The molecular formula is C13H20N2. The third kappa shape index (κ3) is 3.24. The zero-order valence-electron chi connectivity index (χ0n) is 9.45. The number of anilines is 1. The topological polar surface area (TPSA) is 29.3 Å². The van der Waals surface area contributed by atoms with Crippen molar-refractivity contribution < 1.29 is 0 Å². The highest BCUT2D eigenvalue weighted by Gasteiger charge is 2.21. The fourth-order valence-corrected chi connectivity index (χ4v) is 1.86. The molecule has 15 heavy (non-hydrogen) atoms. The van der Waals surface area contributed by atoms with Gasteiger partial charge in [0.25, 0.3) is 0 Å². The molecule has 0 aromatic heterocycles. The number of hydrogen-bond acceptors (Lipinski definition) is 2. The van der Waals surface area contributed by atoms with Gasteiger partial charge < -0.3 is 10.6 Å². The van der Waals surface area contributed by atoms with E-state index in [9.17, 15) is 0 Å². The van der Waals surface area contributed by atoms with Crippen LogP contribution in [0, 0.1) is 5.92 Å². The highest BCUT2D eigenvalue weighted by Crippen LogP contribution is 2.32. The van der Waals surface area contributed by atoms with Crippen molar-refractivity contribution in [3.63, 3.8) is 0 Å². The van der Waals surface area contributed by atoms with Crippen LogP contribution in [-0.4, -0.2) is 18.5 Å². The molecule has 0 bridgehead atoms. The normalized spacial score (nSPS) is 15.9. The Kier molecular flexibility index (Phi) is 3.27. The molecule has 2 nitrogen and oxygen atoms in total. The predicted molar refractivity (Wildman–Crippen MR) is 64.5 cm³/mol. The SMILES string of the molecule is CN(CCC1CC1)Cc1ccccc1N. The number of nitrogens with two attached hydrogens (primary N) is 1. The molecule has 0 radical (unpaired) electrons. The number of hydrogen-bond donors (Lipinski definition) is 1. The fraction of sp³-hybridized carbons (Fsp3) is 0.538. The van der Waals surface area contributed by atoms with Crippen LogP contribution in [0.25, 0.3) is 0 Å². The first-order chi connectivity index (χ1) is 7.25. The first kappa shape index (κ1) is 10.5. The first-order valence-corrected chi connectivity index (χ1v) is 5.77. The summed E-state index contributed by atoms with van der Waals surface area (Å²) in [6.07, 6.45) is 4.24. The Labute approximate surface area is 92.1 Å². The summed E-state index contributed by atoms with van der Waals surface area (Å²) in [7, 11) is 2.18. The lowest BCUT2D eigenvalue weighted by Crippen LogP contribution is -2.20. The summed E-state index contributed by atoms with van der Waals surface area (Å²) in [5, 5.41) is 0. The fourth-order valence-electron chi connectivity index (χ4n) is 1.86. The maximum Gasteiger partial charge on any atom is 0.0359 e. The van der Waals surface area contributed by atoms with Gasteiger partial charge in [0.15, 0.2) is 0 Å². The predicted octanol–water partition coefficient (Wildman–Crippen LogP) is 2.50. The van der Waals surface area contributed by atoms with Crippen LogP contribution in [0.3, 0.4) is 0 Å². The Balaban J connectivity index is 1.81. The molecule has 1 saturated carbocycles. The third-order valence-electron chi connectivity index (χ3n) is 3.11. The van der Waals surface area contributed by atoms with E-state index in [1.807, 2.05) is 12.1 Å². The van der Waals surface area contributed by atoms with Crippen molar-refractivity contribution >= 4 is 5.69 Å². The van der Waals surface area contributed by atoms with Crippen LogP contribution in [0.15, 0.2) is 24.3 Å². The van der Waals surface area contributed by atoms with Crippen molar-refractivity contribution in [3.8, 4) is 0 Å². The molecule has 0 aliphatic heterocycles. The second-order valence-corrected chi connectivity index (χ2v) is 4.67. The molecule has 1 aliphatic carbocycles. The smallest absolute Gasteiger partial charge is 0.0359 e. The van der Waals surface area contributed by atoms with E-state index in [1.165, 1.54) is 31.4 Å². The Hall–Kier alpha value is -1.02. The molecule has 0 amide bonds. The number of nitrogen functional groups attached to an aromatic ring is 1. The van der Waals surface area contributed by atoms with E-state index in [0.29, 0.717) is 0 Å². The largest absolute Gasteiger partial charge is 0.398 e. The van der Waals surface area contributed by atoms with E-state index in [1.54, 1.807) is 0 Å². The molecule has 0 spiro atoms. The average molecular weight is 204 g/mol. The molecule has 2 rings (SSSR count). The molecule has 82 valence electrons. The summed E-state index contributed by atoms with van der Waals surface area (Å²) in [5.74, 6) is 1.01. The van der Waals surface area contributed by atoms with Gasteiger partial charge in [-0.1, -0.05) is 31.0 Å². The van der Waals surface area contributed by atoms with Crippen LogP contribution in [-0.2, 0) is 6.54 Å². The summed E-state index contributed by atoms with van der Waals surface area (Å²) in [6.45, 7) is 2.17. The lowest BCUT2D eigenvalue weighted by atomic mass is 10.1. The summed E-state index contributed by atoms with van der Waals surface area (Å²) in [6, 6.07) is 8.14. The second kappa shape index (κ2) is 4.67. The zero-order chi connectivity index (χ0) is 10.7. The maximum absolute atomic E-state index is 5.91. The van der Waals surface area contributed by atoms with Crippen LogP contribution in [0.4, 0.5) is 5.69 Å². The highest BCUT2D eigenvalue weighted by molar-refractivity contribution is 5.46. The van der Waals surface area contributed by atoms with Gasteiger partial charge in [-0.25, -0.2) is 0 Å². The third-order valence-corrected chi connectivity index (χ3v) is 3.11. The van der Waals surface area contributed by atoms with Crippen LogP contribution in [0.1, 0.15) is 24.8 Å². The van der Waals surface area contributed by atoms with Crippen LogP contribution in [0.5, 0.6) is 0 Å². The standard InChI is InChI=1S/C13H20N2/c1-15(9-8-11-6-7-11)10-12-4-2-3-5-13(12)14/h2-5,11H,6-10,14H2,1H3. The number of nitrogens with zero attached hydrogens (tertiary/aromatic N) is 1. The summed E-state index contributed by atoms with van der Waals surface area (Å²) in [4.78, 5) is 2.37. The molecule has 1 fully saturated rings. The van der Waals surface area contributed by atoms with E-state index in [-0.39, 0.29) is 0 Å². The summed E-state index contributed by atoms with van der Waals surface area (Å²) < 4.78 is 0. The van der Waals surface area contributed by atoms with Crippen molar-refractivity contribution in [1.29, 1.82) is 0 Å². The van der Waals surface area contributed by atoms with Crippen LogP contribution < -0.4 is 5.73 Å². The van der Waals surface area contributed by atoms with E-state index in [0.717, 1.165) is 18.2 Å². The monoisotopic (exact) mass is 204 g/mol. The Morgan fingerprint density at radius 3 is 2.73 bits per heavy atom. The molecule has 0 heterocycles. The van der Waals surface area contributed by atoms with E-state index >= 15 is 0 Å². The average Bonchev–Trinajstić information content (AvgIpc) is 3.02. The van der Waals surface area contributed by atoms with Gasteiger partial charge in [-0.2, -0.15) is 0 Å². The summed E-state index contributed by atoms with van der Waals surface area (Å²) >= 11 is 0. The van der Waals surface area contributed by atoms with E-state index in [2.05, 4.69) is 24.1 Å². The molecule has 2 N–H and O–H groups in total. The maximum atomic E-state index is 5.91. The molecule has 0 atom stereocenters. The number of rotatable bonds is 5. The van der Waals surface area contributed by atoms with E-state index in [4.69, 9.17) is 5.73 Å². The highest BCUT2D eigenvalue weighted by atomic mass is 15.1. The van der Waals surface area contributed by atoms with Crippen LogP contribution >= 0.6 is 0 Å². The minimum Gasteiger partial charge on any atom is -0.398 e. The molecule has 1 aliphatic rings. The van der Waals surface area contributed by atoms with Gasteiger partial charge in [-0.05, 0) is 37.6 Å². The molecule has 0 saturated heterocycles. The second-order valence-electron chi connectivity index (χ2n) is 4.67. The molecule has 1 aromatic rings. The van der Waals surface area contributed by atoms with Gasteiger partial charge in [0.05, 0.1) is 0 Å². The number of benzene rings is 1. The lowest BCUT2D eigenvalue weighted by molar-refractivity contribution is 0.315. The Bertz CT molecular complexity index is 318. The molecule has 1 aromatic carbocycles. The van der Waals surface area contributed by atoms with Gasteiger partial charge >= 0.3 is 0 Å². The lowest BCUT2D eigenvalue weighted by Gasteiger charge is -2.17. The quantitative estimate of drug-likeness (QED) is 0.747. The zero-order valence-corrected chi connectivity index (χ0v) is 9.45. The minimum atomic E-state index is 0.913. The van der Waals surface area contributed by atoms with Crippen molar-refractivity contribution in [2.45, 2.75) is 25.8 Å². The van der Waals surface area contributed by atoms with Gasteiger partial charge in [0, 0.05) is 12.2 Å².